The fourth-order valence-corrected chi connectivity index (χ4v) is 3.27. The lowest BCUT2D eigenvalue weighted by molar-refractivity contribution is -0.129. The van der Waals surface area contributed by atoms with Crippen molar-refractivity contribution in [3.05, 3.63) is 64.1 Å². The van der Waals surface area contributed by atoms with Gasteiger partial charge in [-0.15, -0.1) is 0 Å². The molecule has 2 heterocycles. The third kappa shape index (κ3) is 4.67. The number of aromatic nitrogens is 1. The minimum atomic E-state index is -0.479. The molecule has 1 aliphatic heterocycles. The largest absolute Gasteiger partial charge is 0.347 e. The Labute approximate surface area is 164 Å². The predicted molar refractivity (Wildman–Crippen MR) is 108 cm³/mol. The number of likely N-dealkylation sites (N-methyl/N-ethyl adjacent to an activating group) is 1. The van der Waals surface area contributed by atoms with Crippen LogP contribution in [0.1, 0.15) is 28.8 Å². The maximum atomic E-state index is 12.8. The second-order valence-electron chi connectivity index (χ2n) is 7.24. The number of anilines is 1. The lowest BCUT2D eigenvalue weighted by atomic mass is 10.1. The quantitative estimate of drug-likeness (QED) is 0.827. The normalized spacial score (nSPS) is 14.1. The van der Waals surface area contributed by atoms with Crippen molar-refractivity contribution in [1.82, 2.24) is 14.4 Å². The molecule has 0 bridgehead atoms. The summed E-state index contributed by atoms with van der Waals surface area (Å²) in [6, 6.07) is 10.7. The second kappa shape index (κ2) is 8.84. The molecule has 1 N–H and O–H groups in total. The van der Waals surface area contributed by atoms with Crippen LogP contribution in [0.3, 0.4) is 0 Å². The molecule has 1 aliphatic rings. The van der Waals surface area contributed by atoms with Crippen LogP contribution in [-0.2, 0) is 17.9 Å². The van der Waals surface area contributed by atoms with E-state index >= 15 is 0 Å². The molecule has 7 heteroatoms. The van der Waals surface area contributed by atoms with Crippen LogP contribution in [0.25, 0.3) is 0 Å². The first kappa shape index (κ1) is 19.8. The summed E-state index contributed by atoms with van der Waals surface area (Å²) in [5, 5.41) is 2.87. The highest BCUT2D eigenvalue weighted by Gasteiger charge is 2.17. The predicted octanol–water partition coefficient (Wildman–Crippen LogP) is 1.78. The first-order valence-corrected chi connectivity index (χ1v) is 9.47. The Morgan fingerprint density at radius 2 is 1.79 bits per heavy atom. The number of para-hydroxylation sites is 1. The van der Waals surface area contributed by atoms with Crippen molar-refractivity contribution >= 4 is 17.5 Å². The minimum Gasteiger partial charge on any atom is -0.347 e. The summed E-state index contributed by atoms with van der Waals surface area (Å²) in [5.41, 5.74) is 1.27. The van der Waals surface area contributed by atoms with Crippen LogP contribution in [0, 0.1) is 0 Å². The van der Waals surface area contributed by atoms with Gasteiger partial charge in [0.05, 0.1) is 0 Å². The van der Waals surface area contributed by atoms with E-state index in [1.54, 1.807) is 20.2 Å². The molecule has 7 nitrogen and oxygen atoms in total. The zero-order chi connectivity index (χ0) is 20.1. The molecule has 148 valence electrons. The maximum absolute atomic E-state index is 12.8. The number of pyridine rings is 1. The van der Waals surface area contributed by atoms with E-state index in [9.17, 15) is 14.4 Å². The molecule has 0 spiro atoms. The molecule has 1 aromatic heterocycles. The van der Waals surface area contributed by atoms with Crippen LogP contribution in [0.5, 0.6) is 0 Å². The van der Waals surface area contributed by atoms with Crippen LogP contribution < -0.4 is 10.9 Å². The maximum Gasteiger partial charge on any atom is 0.263 e. The van der Waals surface area contributed by atoms with Gasteiger partial charge in [-0.05, 0) is 49.7 Å². The topological polar surface area (TPSA) is 74.7 Å². The van der Waals surface area contributed by atoms with Crippen molar-refractivity contribution in [3.63, 3.8) is 0 Å². The molecule has 1 saturated heterocycles. The Hall–Kier alpha value is -2.93. The Balaban J connectivity index is 1.78. The molecule has 2 amide bonds. The van der Waals surface area contributed by atoms with Crippen LogP contribution in [-0.4, -0.2) is 53.4 Å². The summed E-state index contributed by atoms with van der Waals surface area (Å²) >= 11 is 0. The number of benzene rings is 1. The monoisotopic (exact) mass is 382 g/mol. The van der Waals surface area contributed by atoms with Gasteiger partial charge in [-0.2, -0.15) is 0 Å². The van der Waals surface area contributed by atoms with Gasteiger partial charge in [0.1, 0.15) is 12.1 Å². The fourth-order valence-electron chi connectivity index (χ4n) is 3.27. The van der Waals surface area contributed by atoms with E-state index in [0.29, 0.717) is 5.69 Å². The first-order valence-electron chi connectivity index (χ1n) is 9.47. The summed E-state index contributed by atoms with van der Waals surface area (Å²) in [6.45, 7) is 2.79. The molecule has 28 heavy (non-hydrogen) atoms. The van der Waals surface area contributed by atoms with Gasteiger partial charge in [0.15, 0.2) is 0 Å². The zero-order valence-electron chi connectivity index (χ0n) is 16.4. The van der Waals surface area contributed by atoms with Crippen LogP contribution in [0.2, 0.25) is 0 Å². The number of nitrogens with zero attached hydrogens (tertiary/aromatic N) is 3. The molecule has 0 unspecified atom stereocenters. The third-order valence-electron chi connectivity index (χ3n) is 4.93. The molecular weight excluding hydrogens is 356 g/mol. The van der Waals surface area contributed by atoms with Gasteiger partial charge < -0.3 is 14.8 Å². The third-order valence-corrected chi connectivity index (χ3v) is 4.93. The van der Waals surface area contributed by atoms with E-state index in [1.807, 2.05) is 24.3 Å². The molecule has 1 aromatic carbocycles. The summed E-state index contributed by atoms with van der Waals surface area (Å²) in [5.74, 6) is -0.679. The summed E-state index contributed by atoms with van der Waals surface area (Å²) < 4.78 is 1.26. The van der Waals surface area contributed by atoms with Gasteiger partial charge >= 0.3 is 0 Å². The summed E-state index contributed by atoms with van der Waals surface area (Å²) in [4.78, 5) is 41.1. The van der Waals surface area contributed by atoms with Crippen molar-refractivity contribution in [2.45, 2.75) is 25.9 Å². The average Bonchev–Trinajstić information content (AvgIpc) is 3.18. The van der Waals surface area contributed by atoms with Crippen LogP contribution in [0.4, 0.5) is 5.69 Å². The van der Waals surface area contributed by atoms with Crippen molar-refractivity contribution < 1.29 is 9.59 Å². The van der Waals surface area contributed by atoms with Crippen molar-refractivity contribution in [3.8, 4) is 0 Å². The van der Waals surface area contributed by atoms with Crippen molar-refractivity contribution in [2.75, 3.05) is 32.5 Å². The summed E-state index contributed by atoms with van der Waals surface area (Å²) in [7, 11) is 3.25. The van der Waals surface area contributed by atoms with Gasteiger partial charge in [-0.3, -0.25) is 19.3 Å². The number of hydrogen-bond donors (Lipinski definition) is 1. The highest BCUT2D eigenvalue weighted by Crippen LogP contribution is 2.20. The molecular formula is C21H26N4O3. The van der Waals surface area contributed by atoms with Crippen molar-refractivity contribution in [2.24, 2.45) is 0 Å². The van der Waals surface area contributed by atoms with Gasteiger partial charge in [0.2, 0.25) is 5.91 Å². The summed E-state index contributed by atoms with van der Waals surface area (Å²) in [6.07, 6.45) is 3.91. The SMILES string of the molecule is CN(C)C(=O)Cn1cccc(C(=O)Nc2ccccc2CN2CCCC2)c1=O. The number of carbonyl (C=O) groups excluding carboxylic acids is 2. The Morgan fingerprint density at radius 3 is 2.50 bits per heavy atom. The van der Waals surface area contributed by atoms with E-state index in [0.717, 1.165) is 25.2 Å². The number of hydrogen-bond acceptors (Lipinski definition) is 4. The molecule has 0 atom stereocenters. The van der Waals surface area contributed by atoms with E-state index in [2.05, 4.69) is 10.2 Å². The van der Waals surface area contributed by atoms with Gasteiger partial charge in [0, 0.05) is 32.5 Å². The number of amides is 2. The number of likely N-dealkylation sites (tertiary alicyclic amines) is 1. The minimum absolute atomic E-state index is 0.0185. The number of rotatable bonds is 6. The second-order valence-corrected chi connectivity index (χ2v) is 7.24. The van der Waals surface area contributed by atoms with E-state index < -0.39 is 11.5 Å². The van der Waals surface area contributed by atoms with Gasteiger partial charge in [-0.1, -0.05) is 18.2 Å². The van der Waals surface area contributed by atoms with E-state index in [1.165, 1.54) is 34.6 Å². The highest BCUT2D eigenvalue weighted by atomic mass is 16.2. The fraction of sp³-hybridized carbons (Fsp3) is 0.381. The molecule has 0 saturated carbocycles. The van der Waals surface area contributed by atoms with E-state index in [-0.39, 0.29) is 18.0 Å². The Morgan fingerprint density at radius 1 is 1.07 bits per heavy atom. The van der Waals surface area contributed by atoms with Crippen molar-refractivity contribution in [1.29, 1.82) is 0 Å². The number of carbonyl (C=O) groups is 2. The molecule has 2 aromatic rings. The molecule has 0 radical (unpaired) electrons. The van der Waals surface area contributed by atoms with Gasteiger partial charge in [-0.25, -0.2) is 0 Å². The lowest BCUT2D eigenvalue weighted by Gasteiger charge is -2.18. The lowest BCUT2D eigenvalue weighted by Crippen LogP contribution is -2.34. The Bertz CT molecular complexity index is 914. The van der Waals surface area contributed by atoms with Crippen LogP contribution in [0.15, 0.2) is 47.4 Å². The van der Waals surface area contributed by atoms with E-state index in [4.69, 9.17) is 0 Å². The molecule has 1 fully saturated rings. The smallest absolute Gasteiger partial charge is 0.263 e. The molecule has 3 rings (SSSR count). The first-order chi connectivity index (χ1) is 13.5. The number of nitrogens with one attached hydrogen (secondary N) is 1. The highest BCUT2D eigenvalue weighted by molar-refractivity contribution is 6.04. The molecule has 0 aliphatic carbocycles. The van der Waals surface area contributed by atoms with Crippen LogP contribution >= 0.6 is 0 Å². The standard InChI is InChI=1S/C21H26N4O3/c1-23(2)19(26)15-25-13-7-9-17(21(25)28)20(27)22-18-10-4-3-8-16(18)14-24-11-5-6-12-24/h3-4,7-10,13H,5-6,11-12,14-15H2,1-2H3,(H,22,27). The zero-order valence-corrected chi connectivity index (χ0v) is 16.4. The van der Waals surface area contributed by atoms with Gasteiger partial charge in [0.25, 0.3) is 11.5 Å². The Kier molecular flexibility index (Phi) is 6.26. The average molecular weight is 382 g/mol.